The molecule has 6 heteroatoms. The van der Waals surface area contributed by atoms with Crippen molar-refractivity contribution in [3.63, 3.8) is 0 Å². The van der Waals surface area contributed by atoms with E-state index in [0.29, 0.717) is 0 Å². The Labute approximate surface area is 177 Å². The fourth-order valence-corrected chi connectivity index (χ4v) is 4.81. The minimum Gasteiger partial charge on any atom is -0.370 e. The summed E-state index contributed by atoms with van der Waals surface area (Å²) < 4.78 is 0. The average molecular weight is 410 g/mol. The Morgan fingerprint density at radius 1 is 0.767 bits per heavy atom. The predicted octanol–water partition coefficient (Wildman–Crippen LogP) is 5.59. The van der Waals surface area contributed by atoms with E-state index in [4.69, 9.17) is 9.97 Å². The van der Waals surface area contributed by atoms with Crippen LogP contribution in [0.4, 0.5) is 0 Å². The van der Waals surface area contributed by atoms with Crippen molar-refractivity contribution >= 4 is 63.0 Å². The van der Waals surface area contributed by atoms with Crippen LogP contribution >= 0.6 is 11.8 Å². The molecule has 0 unspecified atom stereocenters. The zero-order valence-corrected chi connectivity index (χ0v) is 17.2. The van der Waals surface area contributed by atoms with Crippen molar-refractivity contribution in [3.05, 3.63) is 77.0 Å². The Hall–Kier alpha value is -3.51. The summed E-state index contributed by atoms with van der Waals surface area (Å²) >= 11 is 1.85. The van der Waals surface area contributed by atoms with Crippen LogP contribution in [0, 0.1) is 0 Å². The van der Waals surface area contributed by atoms with Gasteiger partial charge in [-0.1, -0.05) is 0 Å². The van der Waals surface area contributed by atoms with Crippen LogP contribution in [-0.2, 0) is 0 Å². The summed E-state index contributed by atoms with van der Waals surface area (Å²) in [4.78, 5) is 20.0. The van der Waals surface area contributed by atoms with Gasteiger partial charge in [0, 0.05) is 45.8 Å². The monoisotopic (exact) mass is 409 g/mol. The lowest BCUT2D eigenvalue weighted by molar-refractivity contribution is 0.553. The molecule has 146 valence electrons. The van der Waals surface area contributed by atoms with Crippen molar-refractivity contribution in [1.82, 2.24) is 24.8 Å². The van der Waals surface area contributed by atoms with Gasteiger partial charge in [0.05, 0.1) is 28.7 Å². The van der Waals surface area contributed by atoms with Crippen LogP contribution in [-0.4, -0.2) is 37.8 Å². The van der Waals surface area contributed by atoms with E-state index < -0.39 is 0 Å². The molecule has 5 nitrogen and oxygen atoms in total. The lowest BCUT2D eigenvalue weighted by Gasteiger charge is -2.01. The number of hydrogen-bond donors (Lipinski definition) is 2. The molecule has 0 spiro atoms. The van der Waals surface area contributed by atoms with Crippen molar-refractivity contribution in [2.24, 2.45) is 0 Å². The number of H-pyrrole nitrogens is 2. The van der Waals surface area contributed by atoms with E-state index in [0.717, 1.165) is 50.7 Å². The number of nitrogens with zero attached hydrogens (tertiary/aromatic N) is 3. The van der Waals surface area contributed by atoms with Crippen LogP contribution in [0.5, 0.6) is 0 Å². The molecule has 8 bridgehead atoms. The maximum absolute atomic E-state index is 4.78. The number of fused-ring (bicyclic) bond motifs is 8. The van der Waals surface area contributed by atoms with Gasteiger partial charge in [0.15, 0.2) is 0 Å². The highest BCUT2D eigenvalue weighted by molar-refractivity contribution is 8.08. The molecule has 0 aromatic carbocycles. The number of nitrogens with one attached hydrogen (secondary N) is 2. The van der Waals surface area contributed by atoms with E-state index in [2.05, 4.69) is 76.7 Å². The van der Waals surface area contributed by atoms with Gasteiger partial charge in [-0.3, -0.25) is 0 Å². The molecule has 0 aliphatic carbocycles. The van der Waals surface area contributed by atoms with Gasteiger partial charge >= 0.3 is 0 Å². The SMILES string of the molecule is CN1C=C(c2cc3cc4nc(cc5ccc(cc6nc(cc2[nH]3)C=C6)[nH]5)C=C4)SC1. The molecule has 3 aliphatic heterocycles. The number of aromatic amines is 2. The Morgan fingerprint density at radius 2 is 1.37 bits per heavy atom. The molecule has 0 saturated heterocycles. The zero-order valence-electron chi connectivity index (χ0n) is 16.4. The summed E-state index contributed by atoms with van der Waals surface area (Å²) in [5.74, 6) is 0.967. The van der Waals surface area contributed by atoms with Crippen LogP contribution in [0.2, 0.25) is 0 Å². The van der Waals surface area contributed by atoms with Crippen molar-refractivity contribution in [1.29, 1.82) is 0 Å². The first-order valence-electron chi connectivity index (χ1n) is 9.82. The van der Waals surface area contributed by atoms with E-state index in [1.807, 2.05) is 30.0 Å². The second-order valence-electron chi connectivity index (χ2n) is 7.61. The summed E-state index contributed by atoms with van der Waals surface area (Å²) in [6.07, 6.45) is 10.4. The van der Waals surface area contributed by atoms with Crippen LogP contribution in [0.3, 0.4) is 0 Å². The minimum atomic E-state index is 0.935. The van der Waals surface area contributed by atoms with Gasteiger partial charge in [-0.25, -0.2) is 9.97 Å². The Bertz CT molecular complexity index is 1420. The fourth-order valence-electron chi connectivity index (χ4n) is 3.82. The van der Waals surface area contributed by atoms with Crippen molar-refractivity contribution in [2.75, 3.05) is 12.9 Å². The first-order valence-corrected chi connectivity index (χ1v) is 10.8. The molecular formula is C24H19N5S. The van der Waals surface area contributed by atoms with E-state index in [1.165, 1.54) is 10.5 Å². The summed E-state index contributed by atoms with van der Waals surface area (Å²) in [5, 5.41) is 0. The molecule has 0 fully saturated rings. The van der Waals surface area contributed by atoms with Gasteiger partial charge in [0.1, 0.15) is 0 Å². The van der Waals surface area contributed by atoms with Crippen molar-refractivity contribution in [3.8, 4) is 0 Å². The van der Waals surface area contributed by atoms with Crippen LogP contribution < -0.4 is 0 Å². The second-order valence-corrected chi connectivity index (χ2v) is 8.60. The molecule has 6 rings (SSSR count). The third kappa shape index (κ3) is 3.25. The molecule has 2 N–H and O–H groups in total. The molecule has 0 atom stereocenters. The number of aromatic nitrogens is 4. The first-order chi connectivity index (χ1) is 14.7. The quantitative estimate of drug-likeness (QED) is 0.379. The Balaban J connectivity index is 1.65. The topological polar surface area (TPSA) is 60.6 Å². The summed E-state index contributed by atoms with van der Waals surface area (Å²) in [6, 6.07) is 14.6. The molecule has 0 radical (unpaired) electrons. The average Bonchev–Trinajstić information content (AvgIpc) is 3.51. The highest BCUT2D eigenvalue weighted by Crippen LogP contribution is 2.36. The second kappa shape index (κ2) is 6.78. The van der Waals surface area contributed by atoms with E-state index in [1.54, 1.807) is 0 Å². The van der Waals surface area contributed by atoms with Gasteiger partial charge in [-0.15, -0.1) is 11.8 Å². The molecule has 3 aromatic heterocycles. The fraction of sp³-hybridized carbons (Fsp3) is 0.0833. The number of hydrogen-bond acceptors (Lipinski definition) is 4. The van der Waals surface area contributed by atoms with Crippen LogP contribution in [0.1, 0.15) is 28.3 Å². The molecular weight excluding hydrogens is 390 g/mol. The number of thioether (sulfide) groups is 1. The lowest BCUT2D eigenvalue weighted by atomic mass is 10.2. The standard InChI is InChI=1S/C24H19N5S/c1-29-13-24(30-14-29)22-11-21-10-19-5-4-17(26-19)8-15-2-3-16(25-15)9-18-6-7-20(27-18)12-23(22)28-21/h2-13,25,28H,14H2,1H3. The molecule has 30 heavy (non-hydrogen) atoms. The normalized spacial score (nSPS) is 15.1. The van der Waals surface area contributed by atoms with E-state index in [9.17, 15) is 0 Å². The highest BCUT2D eigenvalue weighted by atomic mass is 32.2. The smallest absolute Gasteiger partial charge is 0.0678 e. The Kier molecular flexibility index (Phi) is 3.92. The van der Waals surface area contributed by atoms with E-state index >= 15 is 0 Å². The van der Waals surface area contributed by atoms with Crippen molar-refractivity contribution < 1.29 is 0 Å². The number of rotatable bonds is 1. The third-order valence-corrected chi connectivity index (χ3v) is 6.37. The molecule has 0 amide bonds. The molecule has 6 heterocycles. The molecule has 0 saturated carbocycles. The molecule has 3 aromatic rings. The highest BCUT2D eigenvalue weighted by Gasteiger charge is 2.15. The third-order valence-electron chi connectivity index (χ3n) is 5.20. The largest absolute Gasteiger partial charge is 0.370 e. The van der Waals surface area contributed by atoms with Gasteiger partial charge in [0.25, 0.3) is 0 Å². The predicted molar refractivity (Wildman–Crippen MR) is 127 cm³/mol. The van der Waals surface area contributed by atoms with Crippen LogP contribution in [0.25, 0.3) is 51.3 Å². The maximum atomic E-state index is 4.78. The van der Waals surface area contributed by atoms with Gasteiger partial charge < -0.3 is 14.9 Å². The van der Waals surface area contributed by atoms with Crippen LogP contribution in [0.15, 0.2) is 48.7 Å². The molecule has 3 aliphatic rings. The summed E-state index contributed by atoms with van der Waals surface area (Å²) in [7, 11) is 2.10. The zero-order chi connectivity index (χ0) is 20.1. The van der Waals surface area contributed by atoms with Gasteiger partial charge in [-0.05, 0) is 66.8 Å². The summed E-state index contributed by atoms with van der Waals surface area (Å²) in [6.45, 7) is 0. The minimum absolute atomic E-state index is 0.935. The first kappa shape index (κ1) is 17.4. The van der Waals surface area contributed by atoms with Crippen molar-refractivity contribution in [2.45, 2.75) is 0 Å². The summed E-state index contributed by atoms with van der Waals surface area (Å²) in [5.41, 5.74) is 9.08. The Morgan fingerprint density at radius 3 is 1.97 bits per heavy atom. The lowest BCUT2D eigenvalue weighted by Crippen LogP contribution is -2.02. The van der Waals surface area contributed by atoms with Gasteiger partial charge in [0.2, 0.25) is 0 Å². The maximum Gasteiger partial charge on any atom is 0.0678 e. The van der Waals surface area contributed by atoms with E-state index in [-0.39, 0.29) is 0 Å². The van der Waals surface area contributed by atoms with Gasteiger partial charge in [-0.2, -0.15) is 0 Å².